The molecule has 0 saturated carbocycles. The molecule has 0 amide bonds. The lowest BCUT2D eigenvalue weighted by Crippen LogP contribution is -2.20. The molecular formula is C12H20N4O. The lowest BCUT2D eigenvalue weighted by atomic mass is 10.3. The van der Waals surface area contributed by atoms with Crippen molar-refractivity contribution in [3.63, 3.8) is 0 Å². The highest BCUT2D eigenvalue weighted by atomic mass is 16.5. The van der Waals surface area contributed by atoms with Gasteiger partial charge in [-0.2, -0.15) is 5.10 Å². The minimum Gasteiger partial charge on any atom is -0.380 e. The standard InChI is InChI=1S/C12H20N4O/c1-2-3-4-7-13-8-10-17-9-5-6-12-14-11-15-16-12/h11,13H,4-10H2,1H3,(H,14,15,16). The monoisotopic (exact) mass is 236 g/mol. The van der Waals surface area contributed by atoms with Crippen molar-refractivity contribution in [2.45, 2.75) is 26.2 Å². The first-order valence-electron chi connectivity index (χ1n) is 5.96. The van der Waals surface area contributed by atoms with Crippen molar-refractivity contribution < 1.29 is 4.74 Å². The quantitative estimate of drug-likeness (QED) is 0.491. The fourth-order valence-electron chi connectivity index (χ4n) is 1.34. The van der Waals surface area contributed by atoms with Crippen molar-refractivity contribution in [1.82, 2.24) is 20.5 Å². The molecule has 0 atom stereocenters. The maximum Gasteiger partial charge on any atom is 0.137 e. The first kappa shape index (κ1) is 13.7. The van der Waals surface area contributed by atoms with E-state index < -0.39 is 0 Å². The molecule has 0 spiro atoms. The third-order valence-corrected chi connectivity index (χ3v) is 2.19. The van der Waals surface area contributed by atoms with Crippen LogP contribution in [0.3, 0.4) is 0 Å². The van der Waals surface area contributed by atoms with Gasteiger partial charge < -0.3 is 10.1 Å². The third kappa shape index (κ3) is 7.50. The zero-order valence-corrected chi connectivity index (χ0v) is 10.3. The van der Waals surface area contributed by atoms with Crippen LogP contribution in [0.25, 0.3) is 0 Å². The van der Waals surface area contributed by atoms with Gasteiger partial charge in [0.2, 0.25) is 0 Å². The van der Waals surface area contributed by atoms with Gasteiger partial charge in [-0.1, -0.05) is 0 Å². The average Bonchev–Trinajstić information content (AvgIpc) is 2.85. The molecule has 0 aliphatic heterocycles. The van der Waals surface area contributed by atoms with Crippen LogP contribution < -0.4 is 5.32 Å². The number of aromatic nitrogens is 3. The van der Waals surface area contributed by atoms with Crippen LogP contribution in [0.5, 0.6) is 0 Å². The molecule has 0 aliphatic carbocycles. The van der Waals surface area contributed by atoms with Crippen molar-refractivity contribution in [2.75, 3.05) is 26.3 Å². The van der Waals surface area contributed by atoms with Crippen LogP contribution in [-0.4, -0.2) is 41.5 Å². The molecule has 0 unspecified atom stereocenters. The van der Waals surface area contributed by atoms with Crippen LogP contribution >= 0.6 is 0 Å². The van der Waals surface area contributed by atoms with Gasteiger partial charge in [0.15, 0.2) is 0 Å². The maximum absolute atomic E-state index is 5.48. The van der Waals surface area contributed by atoms with Gasteiger partial charge in [0.05, 0.1) is 6.61 Å². The third-order valence-electron chi connectivity index (χ3n) is 2.19. The van der Waals surface area contributed by atoms with E-state index in [0.29, 0.717) is 0 Å². The average molecular weight is 236 g/mol. The molecular weight excluding hydrogens is 216 g/mol. The first-order valence-corrected chi connectivity index (χ1v) is 5.96. The summed E-state index contributed by atoms with van der Waals surface area (Å²) in [6.07, 6.45) is 4.29. The highest BCUT2D eigenvalue weighted by Gasteiger charge is 1.95. The van der Waals surface area contributed by atoms with E-state index in [-0.39, 0.29) is 0 Å². The molecule has 17 heavy (non-hydrogen) atoms. The van der Waals surface area contributed by atoms with Gasteiger partial charge >= 0.3 is 0 Å². The number of aryl methyl sites for hydroxylation is 1. The van der Waals surface area contributed by atoms with Gasteiger partial charge in [0.1, 0.15) is 12.2 Å². The summed E-state index contributed by atoms with van der Waals surface area (Å²) < 4.78 is 5.48. The number of ether oxygens (including phenoxy) is 1. The van der Waals surface area contributed by atoms with Crippen molar-refractivity contribution in [2.24, 2.45) is 0 Å². The fraction of sp³-hybridized carbons (Fsp3) is 0.667. The van der Waals surface area contributed by atoms with Gasteiger partial charge in [-0.25, -0.2) is 4.98 Å². The SMILES string of the molecule is CC#CCCNCCOCCCc1ncn[nH]1. The van der Waals surface area contributed by atoms with Crippen molar-refractivity contribution in [3.8, 4) is 11.8 Å². The van der Waals surface area contributed by atoms with Gasteiger partial charge in [-0.3, -0.25) is 5.10 Å². The topological polar surface area (TPSA) is 62.8 Å². The van der Waals surface area contributed by atoms with E-state index in [2.05, 4.69) is 32.3 Å². The van der Waals surface area contributed by atoms with Crippen LogP contribution in [0.2, 0.25) is 0 Å². The van der Waals surface area contributed by atoms with Crippen LogP contribution in [0.4, 0.5) is 0 Å². The number of aromatic amines is 1. The summed E-state index contributed by atoms with van der Waals surface area (Å²) in [4.78, 5) is 4.04. The lowest BCUT2D eigenvalue weighted by Gasteiger charge is -2.04. The van der Waals surface area contributed by atoms with Crippen LogP contribution in [0.1, 0.15) is 25.6 Å². The van der Waals surface area contributed by atoms with E-state index in [1.165, 1.54) is 6.33 Å². The molecule has 2 N–H and O–H groups in total. The van der Waals surface area contributed by atoms with Gasteiger partial charge in [0.25, 0.3) is 0 Å². The van der Waals surface area contributed by atoms with Crippen LogP contribution in [0, 0.1) is 11.8 Å². The molecule has 0 fully saturated rings. The number of rotatable bonds is 9. The second-order valence-electron chi connectivity index (χ2n) is 3.57. The summed E-state index contributed by atoms with van der Waals surface area (Å²) in [5.74, 6) is 6.79. The molecule has 0 aromatic carbocycles. The Bertz CT molecular complexity index is 326. The summed E-state index contributed by atoms with van der Waals surface area (Å²) >= 11 is 0. The molecule has 94 valence electrons. The number of nitrogens with zero attached hydrogens (tertiary/aromatic N) is 2. The highest BCUT2D eigenvalue weighted by molar-refractivity contribution is 4.95. The molecule has 1 aromatic rings. The van der Waals surface area contributed by atoms with E-state index in [1.807, 2.05) is 6.92 Å². The van der Waals surface area contributed by atoms with E-state index >= 15 is 0 Å². The Hall–Kier alpha value is -1.38. The zero-order valence-electron chi connectivity index (χ0n) is 10.3. The Kier molecular flexibility index (Phi) is 7.90. The molecule has 1 rings (SSSR count). The number of hydrogen-bond acceptors (Lipinski definition) is 4. The summed E-state index contributed by atoms with van der Waals surface area (Å²) in [6.45, 7) is 5.18. The second-order valence-corrected chi connectivity index (χ2v) is 3.57. The Morgan fingerprint density at radius 1 is 1.41 bits per heavy atom. The Labute approximate surface area is 102 Å². The maximum atomic E-state index is 5.48. The van der Waals surface area contributed by atoms with E-state index in [1.54, 1.807) is 0 Å². The van der Waals surface area contributed by atoms with Crippen molar-refractivity contribution >= 4 is 0 Å². The summed E-state index contributed by atoms with van der Waals surface area (Å²) in [5, 5.41) is 9.88. The second kappa shape index (κ2) is 9.82. The number of H-pyrrole nitrogens is 1. The van der Waals surface area contributed by atoms with Gasteiger partial charge in [-0.15, -0.1) is 11.8 Å². The normalized spacial score (nSPS) is 9.94. The summed E-state index contributed by atoms with van der Waals surface area (Å²) in [5.41, 5.74) is 0. The minimum absolute atomic E-state index is 0.746. The highest BCUT2D eigenvalue weighted by Crippen LogP contribution is 1.93. The molecule has 0 saturated heterocycles. The molecule has 5 nitrogen and oxygen atoms in total. The molecule has 0 radical (unpaired) electrons. The minimum atomic E-state index is 0.746. The smallest absolute Gasteiger partial charge is 0.137 e. The lowest BCUT2D eigenvalue weighted by molar-refractivity contribution is 0.133. The molecule has 1 aromatic heterocycles. The number of hydrogen-bond donors (Lipinski definition) is 2. The molecule has 1 heterocycles. The van der Waals surface area contributed by atoms with E-state index in [9.17, 15) is 0 Å². The Morgan fingerprint density at radius 3 is 3.12 bits per heavy atom. The van der Waals surface area contributed by atoms with E-state index in [4.69, 9.17) is 4.74 Å². The Morgan fingerprint density at radius 2 is 2.35 bits per heavy atom. The largest absolute Gasteiger partial charge is 0.380 e. The predicted molar refractivity (Wildman–Crippen MR) is 66.5 cm³/mol. The first-order chi connectivity index (χ1) is 8.43. The summed E-state index contributed by atoms with van der Waals surface area (Å²) in [7, 11) is 0. The fourth-order valence-corrected chi connectivity index (χ4v) is 1.34. The van der Waals surface area contributed by atoms with Gasteiger partial charge in [-0.05, 0) is 13.3 Å². The van der Waals surface area contributed by atoms with E-state index in [0.717, 1.165) is 51.4 Å². The predicted octanol–water partition coefficient (Wildman–Crippen LogP) is 0.757. The van der Waals surface area contributed by atoms with Crippen LogP contribution in [-0.2, 0) is 11.2 Å². The van der Waals surface area contributed by atoms with Gasteiger partial charge in [0, 0.05) is 32.5 Å². The molecule has 0 aliphatic rings. The van der Waals surface area contributed by atoms with Crippen LogP contribution in [0.15, 0.2) is 6.33 Å². The number of nitrogens with one attached hydrogen (secondary N) is 2. The Balaban J connectivity index is 1.79. The summed E-state index contributed by atoms with van der Waals surface area (Å²) in [6, 6.07) is 0. The van der Waals surface area contributed by atoms with Crippen molar-refractivity contribution in [3.05, 3.63) is 12.2 Å². The zero-order chi connectivity index (χ0) is 12.2. The molecule has 5 heteroatoms. The van der Waals surface area contributed by atoms with Crippen molar-refractivity contribution in [1.29, 1.82) is 0 Å². The molecule has 0 bridgehead atoms.